The third-order valence-electron chi connectivity index (χ3n) is 7.02. The van der Waals surface area contributed by atoms with Crippen LogP contribution in [0.15, 0.2) is 36.4 Å². The number of aliphatic hydroxyl groups is 2. The Labute approximate surface area is 266 Å². The molecule has 256 valence electrons. The molecule has 19 nitrogen and oxygen atoms in total. The smallest absolute Gasteiger partial charge is 0.341 e. The Morgan fingerprint density at radius 2 is 1.02 bits per heavy atom. The second kappa shape index (κ2) is 12.9. The molecule has 0 spiro atoms. The first-order chi connectivity index (χ1) is 22.4. The summed E-state index contributed by atoms with van der Waals surface area (Å²) in [5, 5.41) is 110. The lowest BCUT2D eigenvalue weighted by Crippen LogP contribution is -2.70. The molecule has 3 aromatic rings. The number of benzene rings is 3. The van der Waals surface area contributed by atoms with Gasteiger partial charge in [-0.25, -0.2) is 14.4 Å². The molecule has 0 bridgehead atoms. The molecule has 1 fully saturated rings. The van der Waals surface area contributed by atoms with Gasteiger partial charge in [-0.15, -0.1) is 0 Å². The summed E-state index contributed by atoms with van der Waals surface area (Å²) in [6.07, 6.45) is -9.16. The summed E-state index contributed by atoms with van der Waals surface area (Å²) in [5.74, 6) is -17.8. The minimum absolute atomic E-state index is 0.542. The topological polar surface area (TPSA) is 328 Å². The van der Waals surface area contributed by atoms with Crippen molar-refractivity contribution in [3.63, 3.8) is 0 Å². The molecule has 19 heteroatoms. The molecule has 1 aliphatic rings. The monoisotopic (exact) mass is 678 g/mol. The van der Waals surface area contributed by atoms with E-state index in [1.807, 2.05) is 0 Å². The van der Waals surface area contributed by atoms with E-state index < -0.39 is 129 Å². The van der Waals surface area contributed by atoms with Gasteiger partial charge in [0.2, 0.25) is 5.78 Å². The first-order valence-electron chi connectivity index (χ1n) is 13.3. The van der Waals surface area contributed by atoms with Crippen LogP contribution in [0.1, 0.15) is 38.0 Å². The number of carbonyl (C=O) groups excluding carboxylic acids is 4. The first-order valence-corrected chi connectivity index (χ1v) is 13.3. The number of phenols is 9. The SMILES string of the molecule is CC(=O)[C@]1(OC(=O)c2cc(O)c(O)c(O)c2)O[C@H](COC(=O)c2cc(O)c(O)c(O)c2)[C@@H](O)[C@H](OC(=O)c2cc(O)c(O)c(O)c2)[C@H]1O. The quantitative estimate of drug-likeness (QED) is 0.0826. The average Bonchev–Trinajstić information content (AvgIpc) is 3.02. The summed E-state index contributed by atoms with van der Waals surface area (Å²) >= 11 is 0. The minimum Gasteiger partial charge on any atom is -0.504 e. The number of rotatable bonds is 8. The van der Waals surface area contributed by atoms with Crippen molar-refractivity contribution in [2.45, 2.75) is 37.1 Å². The highest BCUT2D eigenvalue weighted by molar-refractivity contribution is 5.95. The zero-order chi connectivity index (χ0) is 35.8. The molecule has 1 aliphatic heterocycles. The Morgan fingerprint density at radius 3 is 1.42 bits per heavy atom. The summed E-state index contributed by atoms with van der Waals surface area (Å²) < 4.78 is 20.8. The highest BCUT2D eigenvalue weighted by Crippen LogP contribution is 2.40. The number of carbonyl (C=O) groups is 4. The molecule has 4 rings (SSSR count). The molecule has 5 atom stereocenters. The molecule has 1 heterocycles. The first kappa shape index (κ1) is 34.7. The van der Waals surface area contributed by atoms with E-state index in [4.69, 9.17) is 18.9 Å². The highest BCUT2D eigenvalue weighted by Gasteiger charge is 2.61. The number of hydrogen-bond acceptors (Lipinski definition) is 19. The van der Waals surface area contributed by atoms with Crippen molar-refractivity contribution < 1.29 is 94.3 Å². The van der Waals surface area contributed by atoms with Gasteiger partial charge in [0.05, 0.1) is 16.7 Å². The van der Waals surface area contributed by atoms with E-state index in [9.17, 15) is 75.3 Å². The van der Waals surface area contributed by atoms with Crippen LogP contribution in [-0.2, 0) is 23.7 Å². The van der Waals surface area contributed by atoms with Crippen LogP contribution in [0, 0.1) is 0 Å². The van der Waals surface area contributed by atoms with E-state index in [0.29, 0.717) is 36.4 Å². The van der Waals surface area contributed by atoms with E-state index in [1.54, 1.807) is 0 Å². The Morgan fingerprint density at radius 1 is 0.646 bits per heavy atom. The van der Waals surface area contributed by atoms with E-state index in [-0.39, 0.29) is 0 Å². The van der Waals surface area contributed by atoms with Gasteiger partial charge in [-0.05, 0) is 36.4 Å². The zero-order valence-electron chi connectivity index (χ0n) is 24.2. The van der Waals surface area contributed by atoms with Crippen LogP contribution in [0.4, 0.5) is 0 Å². The molecule has 0 aromatic heterocycles. The fourth-order valence-corrected chi connectivity index (χ4v) is 4.49. The fourth-order valence-electron chi connectivity index (χ4n) is 4.49. The zero-order valence-corrected chi connectivity index (χ0v) is 24.2. The summed E-state index contributed by atoms with van der Waals surface area (Å²) in [6.45, 7) is -0.364. The molecule has 0 aliphatic carbocycles. The van der Waals surface area contributed by atoms with Crippen LogP contribution < -0.4 is 0 Å². The van der Waals surface area contributed by atoms with Gasteiger partial charge in [0, 0.05) is 6.92 Å². The van der Waals surface area contributed by atoms with E-state index in [2.05, 4.69) is 0 Å². The summed E-state index contributed by atoms with van der Waals surface area (Å²) in [4.78, 5) is 51.8. The maximum Gasteiger partial charge on any atom is 0.341 e. The molecular formula is C29H26O19. The lowest BCUT2D eigenvalue weighted by Gasteiger charge is -2.47. The molecule has 11 N–H and O–H groups in total. The second-order valence-electron chi connectivity index (χ2n) is 10.3. The van der Waals surface area contributed by atoms with Gasteiger partial charge in [0.25, 0.3) is 0 Å². The molecule has 0 radical (unpaired) electrons. The number of hydrogen-bond donors (Lipinski definition) is 11. The molecule has 48 heavy (non-hydrogen) atoms. The molecular weight excluding hydrogens is 652 g/mol. The van der Waals surface area contributed by atoms with Crippen LogP contribution in [0.25, 0.3) is 0 Å². The van der Waals surface area contributed by atoms with Gasteiger partial charge >= 0.3 is 23.7 Å². The van der Waals surface area contributed by atoms with E-state index >= 15 is 0 Å². The Hall–Kier alpha value is -6.18. The highest BCUT2D eigenvalue weighted by atomic mass is 16.8. The van der Waals surface area contributed by atoms with Crippen molar-refractivity contribution in [1.82, 2.24) is 0 Å². The van der Waals surface area contributed by atoms with Crippen molar-refractivity contribution >= 4 is 23.7 Å². The van der Waals surface area contributed by atoms with Crippen LogP contribution in [-0.4, -0.2) is 117 Å². The van der Waals surface area contributed by atoms with Crippen LogP contribution >= 0.6 is 0 Å². The Kier molecular flexibility index (Phi) is 9.33. The van der Waals surface area contributed by atoms with Gasteiger partial charge < -0.3 is 75.1 Å². The standard InChI is InChI=1S/C29H26O19/c1-9(30)29(48-28(44)12-6-17(35)22(39)18(36)7-12)25(41)24(46-27(43)11-4-15(33)21(38)16(34)5-11)23(40)19(47-29)8-45-26(42)10-2-13(31)20(37)14(32)3-10/h2-7,19,23-25,31-41H,8H2,1H3/t19-,23-,24+,25-,29-/m1/s1. The maximum absolute atomic E-state index is 13.1. The van der Waals surface area contributed by atoms with E-state index in [0.717, 1.165) is 6.92 Å². The number of ether oxygens (including phenoxy) is 4. The summed E-state index contributed by atoms with van der Waals surface area (Å²) in [6, 6.07) is 3.82. The molecule has 0 unspecified atom stereocenters. The number of aromatic hydroxyl groups is 9. The molecule has 0 amide bonds. The fraction of sp³-hybridized carbons (Fsp3) is 0.241. The van der Waals surface area contributed by atoms with Gasteiger partial charge in [-0.2, -0.15) is 0 Å². The second-order valence-corrected chi connectivity index (χ2v) is 10.3. The van der Waals surface area contributed by atoms with Crippen molar-refractivity contribution in [2.75, 3.05) is 6.61 Å². The third-order valence-corrected chi connectivity index (χ3v) is 7.02. The Bertz CT molecular complexity index is 1730. The summed E-state index contributed by atoms with van der Waals surface area (Å²) in [5.41, 5.74) is -1.92. The summed E-state index contributed by atoms with van der Waals surface area (Å²) in [7, 11) is 0. The van der Waals surface area contributed by atoms with Crippen LogP contribution in [0.5, 0.6) is 51.7 Å². The normalized spacial score (nSPS) is 22.0. The number of ketones is 1. The van der Waals surface area contributed by atoms with Crippen molar-refractivity contribution in [3.8, 4) is 51.7 Å². The largest absolute Gasteiger partial charge is 0.504 e. The Balaban J connectivity index is 1.72. The van der Waals surface area contributed by atoms with Gasteiger partial charge in [0.15, 0.2) is 64.0 Å². The van der Waals surface area contributed by atoms with Crippen molar-refractivity contribution in [1.29, 1.82) is 0 Å². The van der Waals surface area contributed by atoms with Gasteiger partial charge in [-0.3, -0.25) is 4.79 Å². The van der Waals surface area contributed by atoms with Crippen molar-refractivity contribution in [2.24, 2.45) is 0 Å². The number of phenolic OH excluding ortho intramolecular Hbond substituents is 9. The van der Waals surface area contributed by atoms with Gasteiger partial charge in [-0.1, -0.05) is 0 Å². The van der Waals surface area contributed by atoms with E-state index in [1.165, 1.54) is 0 Å². The van der Waals surface area contributed by atoms with Crippen LogP contribution in [0.3, 0.4) is 0 Å². The lowest BCUT2D eigenvalue weighted by atomic mass is 9.89. The predicted molar refractivity (Wildman–Crippen MR) is 150 cm³/mol. The minimum atomic E-state index is -3.21. The van der Waals surface area contributed by atoms with Gasteiger partial charge in [0.1, 0.15) is 18.8 Å². The maximum atomic E-state index is 13.1. The molecule has 3 aromatic carbocycles. The lowest BCUT2D eigenvalue weighted by molar-refractivity contribution is -0.326. The molecule has 1 saturated heterocycles. The predicted octanol–water partition coefficient (Wildman–Crippen LogP) is -0.318. The third kappa shape index (κ3) is 6.40. The van der Waals surface area contributed by atoms with Crippen LogP contribution in [0.2, 0.25) is 0 Å². The number of Topliss-reactive ketones (excluding diaryl/α,β-unsaturated/α-hetero) is 1. The number of esters is 3. The van der Waals surface area contributed by atoms with Crippen molar-refractivity contribution in [3.05, 3.63) is 53.1 Å². The average molecular weight is 679 g/mol. The molecule has 0 saturated carbocycles. The number of aliphatic hydroxyl groups excluding tert-OH is 2.